The van der Waals surface area contributed by atoms with Crippen LogP contribution in [0.4, 0.5) is 10.5 Å². The first-order chi connectivity index (χ1) is 13.9. The second-order valence-corrected chi connectivity index (χ2v) is 7.84. The Morgan fingerprint density at radius 3 is 2.48 bits per heavy atom. The third kappa shape index (κ3) is 4.27. The number of rotatable bonds is 6. The number of nitrogens with zero attached hydrogens (tertiary/aromatic N) is 2. The molecular weight excluding hydrogens is 366 g/mol. The second kappa shape index (κ2) is 8.66. The molecule has 1 unspecified atom stereocenters. The molecule has 29 heavy (non-hydrogen) atoms. The van der Waals surface area contributed by atoms with E-state index in [0.717, 1.165) is 17.5 Å². The lowest BCUT2D eigenvalue weighted by Gasteiger charge is -2.49. The Bertz CT molecular complexity index is 866. The van der Waals surface area contributed by atoms with Gasteiger partial charge < -0.3 is 14.8 Å². The van der Waals surface area contributed by atoms with E-state index in [1.165, 1.54) is 16.0 Å². The lowest BCUT2D eigenvalue weighted by Crippen LogP contribution is -2.69. The normalized spacial score (nSPS) is 19.4. The van der Waals surface area contributed by atoms with E-state index in [2.05, 4.69) is 72.6 Å². The molecule has 2 aromatic rings. The third-order valence-electron chi connectivity index (χ3n) is 5.80. The van der Waals surface area contributed by atoms with Crippen molar-refractivity contribution in [3.8, 4) is 11.1 Å². The molecule has 0 saturated carbocycles. The van der Waals surface area contributed by atoms with Crippen molar-refractivity contribution in [2.75, 3.05) is 31.6 Å². The quantitative estimate of drug-likeness (QED) is 0.728. The number of hydrogen-bond acceptors (Lipinski definition) is 4. The highest BCUT2D eigenvalue weighted by molar-refractivity contribution is 5.70. The molecule has 6 heteroatoms. The van der Waals surface area contributed by atoms with Gasteiger partial charge in [0.05, 0.1) is 6.54 Å². The summed E-state index contributed by atoms with van der Waals surface area (Å²) < 4.78 is 0. The molecule has 1 fully saturated rings. The first-order valence-corrected chi connectivity index (χ1v) is 9.98. The molecule has 0 spiro atoms. The molecule has 2 N–H and O–H groups in total. The van der Waals surface area contributed by atoms with Crippen LogP contribution in [0.25, 0.3) is 11.1 Å². The summed E-state index contributed by atoms with van der Waals surface area (Å²) in [5, 5.41) is 12.6. The van der Waals surface area contributed by atoms with Gasteiger partial charge in [-0.3, -0.25) is 10.2 Å². The number of aldehydes is 1. The lowest BCUT2D eigenvalue weighted by molar-refractivity contribution is -0.110. The Balaban J connectivity index is 1.83. The van der Waals surface area contributed by atoms with E-state index in [9.17, 15) is 14.7 Å². The van der Waals surface area contributed by atoms with Gasteiger partial charge in [0.15, 0.2) is 0 Å². The molecule has 1 heterocycles. The lowest BCUT2D eigenvalue weighted by atomic mass is 9.97. The van der Waals surface area contributed by atoms with Gasteiger partial charge in [0.2, 0.25) is 0 Å². The number of anilines is 1. The highest BCUT2D eigenvalue weighted by atomic mass is 16.4. The molecule has 0 radical (unpaired) electrons. The second-order valence-electron chi connectivity index (χ2n) is 7.84. The number of carboxylic acid groups (broad SMARTS) is 1. The Morgan fingerprint density at radius 1 is 1.17 bits per heavy atom. The average molecular weight is 396 g/mol. The van der Waals surface area contributed by atoms with E-state index < -0.39 is 11.8 Å². The van der Waals surface area contributed by atoms with Gasteiger partial charge in [0.1, 0.15) is 11.9 Å². The Kier molecular flexibility index (Phi) is 6.23. The van der Waals surface area contributed by atoms with Crippen LogP contribution in [0.15, 0.2) is 48.5 Å². The van der Waals surface area contributed by atoms with Crippen LogP contribution in [-0.2, 0) is 4.79 Å². The zero-order valence-corrected chi connectivity index (χ0v) is 17.3. The minimum Gasteiger partial charge on any atom is -0.465 e. The van der Waals surface area contributed by atoms with Crippen LogP contribution in [0.1, 0.15) is 31.7 Å². The van der Waals surface area contributed by atoms with E-state index in [4.69, 9.17) is 0 Å². The molecule has 6 nitrogen and oxygen atoms in total. The molecule has 2 aromatic carbocycles. The summed E-state index contributed by atoms with van der Waals surface area (Å²) in [7, 11) is 1.70. The fraction of sp³-hybridized carbons (Fsp3) is 0.391. The summed E-state index contributed by atoms with van der Waals surface area (Å²) in [4.78, 5) is 26.4. The molecule has 1 aliphatic rings. The van der Waals surface area contributed by atoms with Crippen molar-refractivity contribution in [2.24, 2.45) is 0 Å². The maximum absolute atomic E-state index is 11.7. The number of likely N-dealkylation sites (N-methyl/N-ethyl adjacent to an activating group) is 1. The predicted molar refractivity (Wildman–Crippen MR) is 115 cm³/mol. The molecule has 154 valence electrons. The Hall–Kier alpha value is -2.86. The van der Waals surface area contributed by atoms with Crippen LogP contribution < -0.4 is 10.2 Å². The largest absolute Gasteiger partial charge is 0.465 e. The molecule has 1 atom stereocenters. The van der Waals surface area contributed by atoms with Crippen molar-refractivity contribution in [1.29, 1.82) is 0 Å². The molecule has 1 aliphatic heterocycles. The van der Waals surface area contributed by atoms with Crippen LogP contribution >= 0.6 is 0 Å². The van der Waals surface area contributed by atoms with Crippen LogP contribution in [0, 0.1) is 0 Å². The number of nitrogens with one attached hydrogen (secondary N) is 1. The summed E-state index contributed by atoms with van der Waals surface area (Å²) in [6, 6.07) is 16.9. The standard InChI is InChI=1S/C23H29N3O3/c1-17(2)19-5-4-6-20(15-19)18-7-9-21(10-8-18)25-12-13-26(22(28)29)23(16-25,24-3)11-14-27/h4-10,14-15,17,24H,11-13,16H2,1-3H3,(H,28,29). The van der Waals surface area contributed by atoms with Crippen molar-refractivity contribution in [1.82, 2.24) is 10.2 Å². The first kappa shape index (κ1) is 20.9. The van der Waals surface area contributed by atoms with Gasteiger partial charge in [-0.25, -0.2) is 4.79 Å². The third-order valence-corrected chi connectivity index (χ3v) is 5.80. The van der Waals surface area contributed by atoms with Crippen molar-refractivity contribution in [3.05, 3.63) is 54.1 Å². The van der Waals surface area contributed by atoms with Gasteiger partial charge in [-0.1, -0.05) is 50.2 Å². The van der Waals surface area contributed by atoms with E-state index in [1.54, 1.807) is 7.05 Å². The summed E-state index contributed by atoms with van der Waals surface area (Å²) in [5.74, 6) is 0.479. The summed E-state index contributed by atoms with van der Waals surface area (Å²) in [5.41, 5.74) is 3.74. The van der Waals surface area contributed by atoms with E-state index >= 15 is 0 Å². The van der Waals surface area contributed by atoms with Crippen LogP contribution in [0.3, 0.4) is 0 Å². The fourth-order valence-electron chi connectivity index (χ4n) is 3.98. The number of benzene rings is 2. The zero-order valence-electron chi connectivity index (χ0n) is 17.3. The smallest absolute Gasteiger partial charge is 0.408 e. The van der Waals surface area contributed by atoms with Crippen molar-refractivity contribution in [2.45, 2.75) is 31.8 Å². The maximum Gasteiger partial charge on any atom is 0.408 e. The van der Waals surface area contributed by atoms with Crippen molar-refractivity contribution in [3.63, 3.8) is 0 Å². The summed E-state index contributed by atoms with van der Waals surface area (Å²) >= 11 is 0. The summed E-state index contributed by atoms with van der Waals surface area (Å²) in [6.45, 7) is 5.70. The topological polar surface area (TPSA) is 72.9 Å². The van der Waals surface area contributed by atoms with Crippen LogP contribution in [0.5, 0.6) is 0 Å². The Labute approximate surface area is 172 Å². The number of piperazine rings is 1. The van der Waals surface area contributed by atoms with Gasteiger partial charge >= 0.3 is 6.09 Å². The number of hydrogen-bond donors (Lipinski definition) is 2. The first-order valence-electron chi connectivity index (χ1n) is 9.98. The zero-order chi connectivity index (χ0) is 21.0. The molecule has 1 amide bonds. The van der Waals surface area contributed by atoms with E-state index in [1.807, 2.05) is 0 Å². The maximum atomic E-state index is 11.7. The van der Waals surface area contributed by atoms with Gasteiger partial charge in [0, 0.05) is 25.2 Å². The van der Waals surface area contributed by atoms with Gasteiger partial charge in [0.25, 0.3) is 0 Å². The number of amides is 1. The molecule has 0 bridgehead atoms. The van der Waals surface area contributed by atoms with Gasteiger partial charge in [-0.15, -0.1) is 0 Å². The average Bonchev–Trinajstić information content (AvgIpc) is 2.74. The Morgan fingerprint density at radius 2 is 1.90 bits per heavy atom. The molecule has 3 rings (SSSR count). The predicted octanol–water partition coefficient (Wildman–Crippen LogP) is 3.78. The highest BCUT2D eigenvalue weighted by Gasteiger charge is 2.43. The van der Waals surface area contributed by atoms with Crippen LogP contribution in [-0.4, -0.2) is 54.7 Å². The highest BCUT2D eigenvalue weighted by Crippen LogP contribution is 2.29. The monoisotopic (exact) mass is 395 g/mol. The van der Waals surface area contributed by atoms with Gasteiger partial charge in [-0.2, -0.15) is 0 Å². The molecule has 0 aliphatic carbocycles. The molecular formula is C23H29N3O3. The van der Waals surface area contributed by atoms with Crippen LogP contribution in [0.2, 0.25) is 0 Å². The van der Waals surface area contributed by atoms with Crippen molar-refractivity contribution < 1.29 is 14.7 Å². The van der Waals surface area contributed by atoms with Gasteiger partial charge in [-0.05, 0) is 41.8 Å². The number of carbonyl (C=O) groups excluding carboxylic acids is 1. The minimum atomic E-state index is -1.01. The fourth-order valence-corrected chi connectivity index (χ4v) is 3.98. The molecule has 0 aromatic heterocycles. The molecule has 1 saturated heterocycles. The summed E-state index contributed by atoms with van der Waals surface area (Å²) in [6.07, 6.45) is -0.131. The minimum absolute atomic E-state index is 0.104. The van der Waals surface area contributed by atoms with E-state index in [-0.39, 0.29) is 6.42 Å². The van der Waals surface area contributed by atoms with E-state index in [0.29, 0.717) is 25.6 Å². The SMILES string of the molecule is CNC1(CC=O)CN(c2ccc(-c3cccc(C(C)C)c3)cc2)CCN1C(=O)O. The van der Waals surface area contributed by atoms with Crippen molar-refractivity contribution >= 4 is 18.1 Å². The number of carbonyl (C=O) groups is 2.